The van der Waals surface area contributed by atoms with Crippen molar-refractivity contribution in [3.63, 3.8) is 0 Å². The van der Waals surface area contributed by atoms with Crippen LogP contribution in [0.2, 0.25) is 10.0 Å². The molecule has 2 aromatic heterocycles. The van der Waals surface area contributed by atoms with E-state index in [0.29, 0.717) is 38.8 Å². The zero-order valence-corrected chi connectivity index (χ0v) is 19.3. The molecule has 0 atom stereocenters. The Labute approximate surface area is 198 Å². The van der Waals surface area contributed by atoms with Crippen LogP contribution >= 0.6 is 35.0 Å². The van der Waals surface area contributed by atoms with Gasteiger partial charge in [-0.25, -0.2) is 4.39 Å². The fourth-order valence-electron chi connectivity index (χ4n) is 3.10. The summed E-state index contributed by atoms with van der Waals surface area (Å²) in [7, 11) is 1.96. The van der Waals surface area contributed by atoms with Crippen molar-refractivity contribution in [2.45, 2.75) is 11.6 Å². The molecule has 4 rings (SSSR count). The summed E-state index contributed by atoms with van der Waals surface area (Å²) in [6.07, 6.45) is 2.49. The molecule has 0 unspecified atom stereocenters. The van der Waals surface area contributed by atoms with Crippen LogP contribution in [0.3, 0.4) is 0 Å². The van der Waals surface area contributed by atoms with Crippen molar-refractivity contribution in [3.05, 3.63) is 88.2 Å². The molecule has 0 radical (unpaired) electrons. The monoisotopic (exact) mass is 489 g/mol. The molecule has 0 aliphatic heterocycles. The van der Waals surface area contributed by atoms with Crippen LogP contribution in [0.4, 0.5) is 10.1 Å². The average molecular weight is 490 g/mol. The Morgan fingerprint density at radius 1 is 1.09 bits per heavy atom. The quantitative estimate of drug-likeness (QED) is 0.354. The van der Waals surface area contributed by atoms with Crippen LogP contribution in [0.15, 0.2) is 66.0 Å². The van der Waals surface area contributed by atoms with Gasteiger partial charge in [-0.1, -0.05) is 35.0 Å². The molecule has 164 valence electrons. The molecule has 2 heterocycles. The fraction of sp³-hybridized carbons (Fsp3) is 0.136. The summed E-state index contributed by atoms with van der Waals surface area (Å²) >= 11 is 13.2. The maximum atomic E-state index is 13.5. The average Bonchev–Trinajstić information content (AvgIpc) is 3.36. The molecule has 0 aliphatic rings. The Balaban J connectivity index is 1.54. The van der Waals surface area contributed by atoms with E-state index in [1.807, 2.05) is 34.5 Å². The highest BCUT2D eigenvalue weighted by molar-refractivity contribution is 7.99. The van der Waals surface area contributed by atoms with Crippen molar-refractivity contribution < 1.29 is 9.18 Å². The first-order valence-electron chi connectivity index (χ1n) is 9.59. The SMILES string of the molecule is Cn1cccc1Cc1nnc(SCC(=O)Nc2ccc(Cl)c(Cl)c2)n1-c1ccc(F)cc1. The Bertz CT molecular complexity index is 1260. The van der Waals surface area contributed by atoms with Crippen LogP contribution in [0.5, 0.6) is 0 Å². The molecular weight excluding hydrogens is 472 g/mol. The summed E-state index contributed by atoms with van der Waals surface area (Å²) in [5.74, 6) is 0.224. The number of aromatic nitrogens is 4. The third kappa shape index (κ3) is 5.15. The standard InChI is InChI=1S/C22H18Cl2FN5OS/c1-29-10-2-3-17(29)12-20-27-28-22(30(20)16-7-4-14(25)5-8-16)32-13-21(31)26-15-6-9-18(23)19(24)11-15/h2-11H,12-13H2,1H3,(H,26,31). The van der Waals surface area contributed by atoms with E-state index in [4.69, 9.17) is 23.2 Å². The van der Waals surface area contributed by atoms with Crippen LogP contribution in [0.25, 0.3) is 5.69 Å². The zero-order valence-electron chi connectivity index (χ0n) is 16.9. The van der Waals surface area contributed by atoms with Gasteiger partial charge in [0, 0.05) is 36.7 Å². The van der Waals surface area contributed by atoms with Gasteiger partial charge in [0.2, 0.25) is 5.91 Å². The predicted octanol–water partition coefficient (Wildman–Crippen LogP) is 5.37. The molecule has 0 aliphatic carbocycles. The number of nitrogens with one attached hydrogen (secondary N) is 1. The number of hydrogen-bond donors (Lipinski definition) is 1. The lowest BCUT2D eigenvalue weighted by Gasteiger charge is -2.11. The smallest absolute Gasteiger partial charge is 0.234 e. The molecule has 0 saturated heterocycles. The summed E-state index contributed by atoms with van der Waals surface area (Å²) in [6.45, 7) is 0. The molecule has 4 aromatic rings. The fourth-order valence-corrected chi connectivity index (χ4v) is 4.17. The number of nitrogens with zero attached hydrogens (tertiary/aromatic N) is 4. The Hall–Kier alpha value is -2.81. The molecule has 6 nitrogen and oxygen atoms in total. The first kappa shape index (κ1) is 22.4. The Kier molecular flexibility index (Phi) is 6.83. The van der Waals surface area contributed by atoms with E-state index in [-0.39, 0.29) is 17.5 Å². The lowest BCUT2D eigenvalue weighted by atomic mass is 10.2. The molecule has 0 spiro atoms. The molecule has 0 bridgehead atoms. The van der Waals surface area contributed by atoms with Crippen molar-refractivity contribution in [1.82, 2.24) is 19.3 Å². The maximum absolute atomic E-state index is 13.5. The van der Waals surface area contributed by atoms with Crippen LogP contribution in [0, 0.1) is 5.82 Å². The number of carbonyl (C=O) groups excluding carboxylic acids is 1. The van der Waals surface area contributed by atoms with Crippen molar-refractivity contribution in [1.29, 1.82) is 0 Å². The number of aryl methyl sites for hydroxylation is 1. The van der Waals surface area contributed by atoms with E-state index in [0.717, 1.165) is 5.69 Å². The summed E-state index contributed by atoms with van der Waals surface area (Å²) < 4.78 is 17.3. The van der Waals surface area contributed by atoms with Gasteiger partial charge in [0.15, 0.2) is 5.16 Å². The lowest BCUT2D eigenvalue weighted by Crippen LogP contribution is -2.14. The van der Waals surface area contributed by atoms with Gasteiger partial charge in [0.05, 0.1) is 15.8 Å². The lowest BCUT2D eigenvalue weighted by molar-refractivity contribution is -0.113. The topological polar surface area (TPSA) is 64.7 Å². The number of amides is 1. The number of carbonyl (C=O) groups is 1. The predicted molar refractivity (Wildman–Crippen MR) is 125 cm³/mol. The number of hydrogen-bond acceptors (Lipinski definition) is 4. The van der Waals surface area contributed by atoms with Gasteiger partial charge in [0.1, 0.15) is 11.6 Å². The van der Waals surface area contributed by atoms with Crippen LogP contribution in [-0.4, -0.2) is 31.0 Å². The third-order valence-electron chi connectivity index (χ3n) is 4.71. The minimum absolute atomic E-state index is 0.101. The second kappa shape index (κ2) is 9.77. The molecular formula is C22H18Cl2FN5OS. The van der Waals surface area contributed by atoms with Gasteiger partial charge < -0.3 is 9.88 Å². The van der Waals surface area contributed by atoms with Gasteiger partial charge in [-0.05, 0) is 54.6 Å². The van der Waals surface area contributed by atoms with Crippen molar-refractivity contribution in [2.24, 2.45) is 7.05 Å². The molecule has 1 N–H and O–H groups in total. The molecule has 2 aromatic carbocycles. The van der Waals surface area contributed by atoms with Crippen molar-refractivity contribution in [2.75, 3.05) is 11.1 Å². The van der Waals surface area contributed by atoms with Crippen molar-refractivity contribution >= 4 is 46.6 Å². The van der Waals surface area contributed by atoms with Gasteiger partial charge >= 0.3 is 0 Å². The van der Waals surface area contributed by atoms with E-state index >= 15 is 0 Å². The molecule has 0 fully saturated rings. The number of benzene rings is 2. The maximum Gasteiger partial charge on any atom is 0.234 e. The molecule has 1 amide bonds. The summed E-state index contributed by atoms with van der Waals surface area (Å²) in [5, 5.41) is 12.7. The highest BCUT2D eigenvalue weighted by atomic mass is 35.5. The first-order chi connectivity index (χ1) is 15.4. The van der Waals surface area contributed by atoms with E-state index in [1.54, 1.807) is 30.3 Å². The molecule has 0 saturated carbocycles. The Morgan fingerprint density at radius 3 is 2.56 bits per heavy atom. The Morgan fingerprint density at radius 2 is 1.88 bits per heavy atom. The second-order valence-electron chi connectivity index (χ2n) is 6.96. The van der Waals surface area contributed by atoms with Crippen molar-refractivity contribution in [3.8, 4) is 5.69 Å². The zero-order chi connectivity index (χ0) is 22.7. The number of rotatable bonds is 7. The second-order valence-corrected chi connectivity index (χ2v) is 8.72. The van der Waals surface area contributed by atoms with E-state index in [1.165, 1.54) is 23.9 Å². The van der Waals surface area contributed by atoms with Crippen LogP contribution < -0.4 is 5.32 Å². The van der Waals surface area contributed by atoms with Gasteiger partial charge in [0.25, 0.3) is 0 Å². The van der Waals surface area contributed by atoms with Crippen LogP contribution in [-0.2, 0) is 18.3 Å². The highest BCUT2D eigenvalue weighted by Gasteiger charge is 2.17. The first-order valence-corrected chi connectivity index (χ1v) is 11.3. The summed E-state index contributed by atoms with van der Waals surface area (Å²) in [4.78, 5) is 12.5. The number of halogens is 3. The molecule has 32 heavy (non-hydrogen) atoms. The minimum atomic E-state index is -0.332. The van der Waals surface area contributed by atoms with Gasteiger partial charge in [-0.2, -0.15) is 0 Å². The normalized spacial score (nSPS) is 11.0. The number of thioether (sulfide) groups is 1. The number of anilines is 1. The molecule has 10 heteroatoms. The van der Waals surface area contributed by atoms with Gasteiger partial charge in [-0.3, -0.25) is 9.36 Å². The summed E-state index contributed by atoms with van der Waals surface area (Å²) in [6, 6.07) is 14.9. The van der Waals surface area contributed by atoms with E-state index in [9.17, 15) is 9.18 Å². The van der Waals surface area contributed by atoms with E-state index in [2.05, 4.69) is 15.5 Å². The largest absolute Gasteiger partial charge is 0.354 e. The summed E-state index contributed by atoms with van der Waals surface area (Å²) in [5.41, 5.74) is 2.32. The van der Waals surface area contributed by atoms with E-state index < -0.39 is 0 Å². The van der Waals surface area contributed by atoms with Crippen LogP contribution in [0.1, 0.15) is 11.5 Å². The van der Waals surface area contributed by atoms with Gasteiger partial charge in [-0.15, -0.1) is 10.2 Å². The minimum Gasteiger partial charge on any atom is -0.354 e. The third-order valence-corrected chi connectivity index (χ3v) is 6.38. The highest BCUT2D eigenvalue weighted by Crippen LogP contribution is 2.26.